The van der Waals surface area contributed by atoms with Crippen LogP contribution in [0.15, 0.2) is 66.6 Å². The van der Waals surface area contributed by atoms with Gasteiger partial charge in [-0.25, -0.2) is 0 Å². The Labute approximate surface area is 142 Å². The lowest BCUT2D eigenvalue weighted by Gasteiger charge is -2.34. The molecule has 2 aliphatic heterocycles. The third kappa shape index (κ3) is 3.05. The first-order chi connectivity index (χ1) is 11.8. The summed E-state index contributed by atoms with van der Waals surface area (Å²) in [7, 11) is 0. The van der Waals surface area contributed by atoms with Gasteiger partial charge in [-0.1, -0.05) is 42.5 Å². The van der Waals surface area contributed by atoms with Gasteiger partial charge in [-0.3, -0.25) is 9.69 Å². The molecule has 2 aromatic carbocycles. The number of ketones is 1. The number of fused-ring (bicyclic) bond motifs is 1. The molecule has 2 aromatic rings. The van der Waals surface area contributed by atoms with Gasteiger partial charge in [0.2, 0.25) is 5.78 Å². The number of nitrogens with zero attached hydrogens (tertiary/aromatic N) is 2. The molecule has 4 nitrogen and oxygen atoms in total. The Morgan fingerprint density at radius 3 is 2.38 bits per heavy atom. The zero-order chi connectivity index (χ0) is 16.4. The molecular weight excluding hydrogens is 300 g/mol. The maximum absolute atomic E-state index is 12.3. The fourth-order valence-electron chi connectivity index (χ4n) is 3.18. The van der Waals surface area contributed by atoms with E-state index in [9.17, 15) is 4.79 Å². The van der Waals surface area contributed by atoms with Crippen LogP contribution in [0.25, 0.3) is 0 Å². The fourth-order valence-corrected chi connectivity index (χ4v) is 3.18. The van der Waals surface area contributed by atoms with Gasteiger partial charge >= 0.3 is 0 Å². The molecule has 1 saturated heterocycles. The van der Waals surface area contributed by atoms with Crippen LogP contribution in [0.5, 0.6) is 5.75 Å². The van der Waals surface area contributed by atoms with Gasteiger partial charge in [0.25, 0.3) is 0 Å². The van der Waals surface area contributed by atoms with Crippen molar-refractivity contribution >= 4 is 5.78 Å². The average Bonchev–Trinajstić information content (AvgIpc) is 2.94. The summed E-state index contributed by atoms with van der Waals surface area (Å²) in [4.78, 5) is 17.0. The fraction of sp³-hybridized carbons (Fsp3) is 0.250. The van der Waals surface area contributed by atoms with Gasteiger partial charge in [0, 0.05) is 38.9 Å². The number of hydrogen-bond acceptors (Lipinski definition) is 4. The molecule has 0 aliphatic carbocycles. The van der Waals surface area contributed by atoms with Crippen molar-refractivity contribution in [2.45, 2.75) is 6.54 Å². The molecule has 2 aliphatic rings. The van der Waals surface area contributed by atoms with Crippen LogP contribution in [-0.4, -0.2) is 41.8 Å². The number of allylic oxidation sites excluding steroid dienone is 1. The molecule has 4 heteroatoms. The number of benzene rings is 2. The number of piperazine rings is 1. The molecule has 0 atom stereocenters. The Morgan fingerprint density at radius 1 is 0.917 bits per heavy atom. The highest BCUT2D eigenvalue weighted by Gasteiger charge is 2.28. The molecule has 4 rings (SSSR count). The second-order valence-corrected chi connectivity index (χ2v) is 6.22. The van der Waals surface area contributed by atoms with E-state index in [1.807, 2.05) is 36.5 Å². The smallest absolute Gasteiger partial charge is 0.233 e. The summed E-state index contributed by atoms with van der Waals surface area (Å²) >= 11 is 0. The van der Waals surface area contributed by atoms with E-state index < -0.39 is 0 Å². The van der Waals surface area contributed by atoms with Gasteiger partial charge in [-0.05, 0) is 17.7 Å². The molecule has 0 amide bonds. The van der Waals surface area contributed by atoms with E-state index in [2.05, 4.69) is 34.1 Å². The van der Waals surface area contributed by atoms with E-state index >= 15 is 0 Å². The Balaban J connectivity index is 1.36. The summed E-state index contributed by atoms with van der Waals surface area (Å²) in [6, 6.07) is 17.9. The second kappa shape index (κ2) is 6.49. The lowest BCUT2D eigenvalue weighted by Crippen LogP contribution is -2.43. The first-order valence-electron chi connectivity index (χ1n) is 8.33. The zero-order valence-electron chi connectivity index (χ0n) is 13.5. The van der Waals surface area contributed by atoms with Crippen molar-refractivity contribution in [1.29, 1.82) is 0 Å². The van der Waals surface area contributed by atoms with Gasteiger partial charge in [0.05, 0.1) is 5.56 Å². The van der Waals surface area contributed by atoms with Crippen LogP contribution in [0, 0.1) is 0 Å². The normalized spacial score (nSPS) is 19.4. The number of carbonyl (C=O) groups is 1. The van der Waals surface area contributed by atoms with Crippen LogP contribution in [-0.2, 0) is 6.54 Å². The molecule has 122 valence electrons. The molecule has 0 aromatic heterocycles. The Morgan fingerprint density at radius 2 is 1.62 bits per heavy atom. The quantitative estimate of drug-likeness (QED) is 0.814. The van der Waals surface area contributed by atoms with Crippen molar-refractivity contribution in [1.82, 2.24) is 9.80 Å². The summed E-state index contributed by atoms with van der Waals surface area (Å²) in [5.41, 5.74) is 2.00. The molecule has 1 fully saturated rings. The Hall–Kier alpha value is -2.59. The van der Waals surface area contributed by atoms with Gasteiger partial charge in [0.15, 0.2) is 5.76 Å². The first kappa shape index (κ1) is 15.0. The number of hydrogen-bond donors (Lipinski definition) is 0. The third-order valence-electron chi connectivity index (χ3n) is 4.53. The van der Waals surface area contributed by atoms with E-state index in [1.54, 1.807) is 0 Å². The lowest BCUT2D eigenvalue weighted by atomic mass is 10.1. The molecule has 0 radical (unpaired) electrons. The summed E-state index contributed by atoms with van der Waals surface area (Å²) in [6.45, 7) is 4.76. The van der Waals surface area contributed by atoms with Crippen molar-refractivity contribution in [3.8, 4) is 5.75 Å². The molecule has 24 heavy (non-hydrogen) atoms. The standard InChI is InChI=1S/C20H20N2O2/c23-20-17-8-4-5-9-18(17)24-19(20)15-22-12-10-21(11-13-22)14-16-6-2-1-3-7-16/h1-9,15H,10-14H2. The van der Waals surface area contributed by atoms with Crippen molar-refractivity contribution in [3.05, 3.63) is 77.7 Å². The van der Waals surface area contributed by atoms with Gasteiger partial charge in [0.1, 0.15) is 5.75 Å². The number of Topliss-reactive ketones (excluding diaryl/α,β-unsaturated/α-hetero) is 1. The lowest BCUT2D eigenvalue weighted by molar-refractivity contribution is 0.100. The first-order valence-corrected chi connectivity index (χ1v) is 8.33. The highest BCUT2D eigenvalue weighted by atomic mass is 16.5. The summed E-state index contributed by atoms with van der Waals surface area (Å²) in [5, 5.41) is 0. The van der Waals surface area contributed by atoms with Crippen LogP contribution in [0.4, 0.5) is 0 Å². The van der Waals surface area contributed by atoms with Crippen LogP contribution in [0.3, 0.4) is 0 Å². The predicted octanol–water partition coefficient (Wildman–Crippen LogP) is 2.92. The van der Waals surface area contributed by atoms with E-state index in [1.165, 1.54) is 5.56 Å². The van der Waals surface area contributed by atoms with Crippen LogP contribution >= 0.6 is 0 Å². The predicted molar refractivity (Wildman–Crippen MR) is 92.8 cm³/mol. The molecule has 0 bridgehead atoms. The summed E-state index contributed by atoms with van der Waals surface area (Å²) in [5.74, 6) is 1.08. The molecule has 2 heterocycles. The van der Waals surface area contributed by atoms with Crippen molar-refractivity contribution in [3.63, 3.8) is 0 Å². The minimum absolute atomic E-state index is 0.0164. The van der Waals surface area contributed by atoms with Crippen LogP contribution in [0.2, 0.25) is 0 Å². The Kier molecular flexibility index (Phi) is 4.05. The van der Waals surface area contributed by atoms with Gasteiger partial charge < -0.3 is 9.64 Å². The summed E-state index contributed by atoms with van der Waals surface area (Å²) < 4.78 is 5.70. The molecule has 0 N–H and O–H groups in total. The Bertz CT molecular complexity index is 762. The SMILES string of the molecule is O=C1C(=CN2CCN(Cc3ccccc3)CC2)Oc2ccccc21. The highest BCUT2D eigenvalue weighted by molar-refractivity contribution is 6.12. The zero-order valence-corrected chi connectivity index (χ0v) is 13.5. The second-order valence-electron chi connectivity index (χ2n) is 6.22. The minimum atomic E-state index is -0.0164. The topological polar surface area (TPSA) is 32.8 Å². The number of para-hydroxylation sites is 1. The number of rotatable bonds is 3. The highest BCUT2D eigenvalue weighted by Crippen LogP contribution is 2.30. The third-order valence-corrected chi connectivity index (χ3v) is 4.53. The maximum Gasteiger partial charge on any atom is 0.233 e. The van der Waals surface area contributed by atoms with E-state index in [-0.39, 0.29) is 5.78 Å². The summed E-state index contributed by atoms with van der Waals surface area (Å²) in [6.07, 6.45) is 1.88. The number of ether oxygens (including phenoxy) is 1. The van der Waals surface area contributed by atoms with Crippen molar-refractivity contribution < 1.29 is 9.53 Å². The van der Waals surface area contributed by atoms with Gasteiger partial charge in [-0.15, -0.1) is 0 Å². The van der Waals surface area contributed by atoms with Crippen molar-refractivity contribution in [2.24, 2.45) is 0 Å². The van der Waals surface area contributed by atoms with Crippen molar-refractivity contribution in [2.75, 3.05) is 26.2 Å². The largest absolute Gasteiger partial charge is 0.451 e. The molecule has 0 unspecified atom stereocenters. The minimum Gasteiger partial charge on any atom is -0.451 e. The molecule has 0 saturated carbocycles. The van der Waals surface area contributed by atoms with Crippen LogP contribution < -0.4 is 4.74 Å². The van der Waals surface area contributed by atoms with Gasteiger partial charge in [-0.2, -0.15) is 0 Å². The maximum atomic E-state index is 12.3. The van der Waals surface area contributed by atoms with E-state index in [4.69, 9.17) is 4.74 Å². The van der Waals surface area contributed by atoms with E-state index in [0.717, 1.165) is 32.7 Å². The average molecular weight is 320 g/mol. The number of carbonyl (C=O) groups excluding carboxylic acids is 1. The van der Waals surface area contributed by atoms with E-state index in [0.29, 0.717) is 17.1 Å². The molecular formula is C20H20N2O2. The van der Waals surface area contributed by atoms with Crippen LogP contribution in [0.1, 0.15) is 15.9 Å². The monoisotopic (exact) mass is 320 g/mol. The molecule has 0 spiro atoms.